The normalized spacial score (nSPS) is 18.5. The Labute approximate surface area is 171 Å². The van der Waals surface area contributed by atoms with E-state index in [9.17, 15) is 4.79 Å². The molecule has 1 heterocycles. The number of morpholine rings is 1. The second-order valence-corrected chi connectivity index (χ2v) is 7.65. The van der Waals surface area contributed by atoms with Crippen molar-refractivity contribution in [2.24, 2.45) is 0 Å². The van der Waals surface area contributed by atoms with Gasteiger partial charge >= 0.3 is 0 Å². The number of nitrogens with zero attached hydrogens (tertiary/aromatic N) is 2. The molecule has 2 aromatic carbocycles. The highest BCUT2D eigenvalue weighted by Gasteiger charge is 2.25. The second-order valence-electron chi connectivity index (χ2n) is 7.21. The molecule has 2 aromatic rings. The number of halogens is 1. The van der Waals surface area contributed by atoms with Crippen LogP contribution in [0.25, 0.3) is 0 Å². The fourth-order valence-corrected chi connectivity index (χ4v) is 3.56. The van der Waals surface area contributed by atoms with Crippen LogP contribution in [-0.2, 0) is 16.0 Å². The van der Waals surface area contributed by atoms with Crippen LogP contribution in [0.15, 0.2) is 48.5 Å². The van der Waals surface area contributed by atoms with Crippen LogP contribution in [0.1, 0.15) is 31.1 Å². The van der Waals surface area contributed by atoms with E-state index in [0.29, 0.717) is 18.4 Å². The van der Waals surface area contributed by atoms with Crippen LogP contribution in [0.2, 0.25) is 5.02 Å². The Hall–Kier alpha value is -2.08. The van der Waals surface area contributed by atoms with Crippen molar-refractivity contribution >= 4 is 17.5 Å². The van der Waals surface area contributed by atoms with E-state index in [1.807, 2.05) is 30.3 Å². The minimum absolute atomic E-state index is 0.0489. The van der Waals surface area contributed by atoms with Crippen molar-refractivity contribution in [3.05, 3.63) is 64.7 Å². The maximum absolute atomic E-state index is 11.3. The van der Waals surface area contributed by atoms with Crippen molar-refractivity contribution < 1.29 is 14.4 Å². The first-order valence-corrected chi connectivity index (χ1v) is 9.92. The van der Waals surface area contributed by atoms with Crippen LogP contribution in [0.5, 0.6) is 5.75 Å². The zero-order valence-electron chi connectivity index (χ0n) is 16.6. The highest BCUT2D eigenvalue weighted by atomic mass is 35.5. The van der Waals surface area contributed by atoms with Crippen molar-refractivity contribution in [3.63, 3.8) is 0 Å². The Bertz CT molecular complexity index is 797. The molecule has 28 heavy (non-hydrogen) atoms. The first-order chi connectivity index (χ1) is 13.4. The van der Waals surface area contributed by atoms with Crippen LogP contribution in [0, 0.1) is 0 Å². The summed E-state index contributed by atoms with van der Waals surface area (Å²) in [6.07, 6.45) is 0.984. The minimum atomic E-state index is -0.140. The molecule has 0 aliphatic carbocycles. The van der Waals surface area contributed by atoms with Crippen LogP contribution in [-0.4, -0.2) is 48.7 Å². The van der Waals surface area contributed by atoms with Gasteiger partial charge in [-0.05, 0) is 48.7 Å². The SMILES string of the molecule is CC(=O)N(C)Oc1ccc(CC(C)N2CCOC(c3cccc(Cl)c3)C2)cc1. The Balaban J connectivity index is 1.58. The second kappa shape index (κ2) is 9.41. The molecule has 6 heteroatoms. The lowest BCUT2D eigenvalue weighted by molar-refractivity contribution is -0.149. The van der Waals surface area contributed by atoms with Gasteiger partial charge in [-0.25, -0.2) is 0 Å². The van der Waals surface area contributed by atoms with Crippen molar-refractivity contribution in [3.8, 4) is 5.75 Å². The van der Waals surface area contributed by atoms with E-state index in [1.165, 1.54) is 17.6 Å². The molecule has 3 rings (SSSR count). The van der Waals surface area contributed by atoms with E-state index in [2.05, 4.69) is 30.0 Å². The van der Waals surface area contributed by atoms with Crippen LogP contribution in [0.3, 0.4) is 0 Å². The predicted molar refractivity (Wildman–Crippen MR) is 110 cm³/mol. The van der Waals surface area contributed by atoms with Gasteiger partial charge in [0.05, 0.1) is 12.7 Å². The first-order valence-electron chi connectivity index (χ1n) is 9.54. The van der Waals surface area contributed by atoms with Gasteiger partial charge < -0.3 is 9.57 Å². The Morgan fingerprint density at radius 3 is 2.75 bits per heavy atom. The highest BCUT2D eigenvalue weighted by molar-refractivity contribution is 6.30. The number of amides is 1. The highest BCUT2D eigenvalue weighted by Crippen LogP contribution is 2.26. The average Bonchev–Trinajstić information content (AvgIpc) is 2.69. The number of carbonyl (C=O) groups excluding carboxylic acids is 1. The van der Waals surface area contributed by atoms with E-state index in [4.69, 9.17) is 21.2 Å². The summed E-state index contributed by atoms with van der Waals surface area (Å²) in [6.45, 7) is 6.20. The van der Waals surface area contributed by atoms with Gasteiger partial charge in [0.25, 0.3) is 5.91 Å². The zero-order chi connectivity index (χ0) is 20.1. The van der Waals surface area contributed by atoms with Gasteiger partial charge in [-0.15, -0.1) is 0 Å². The molecule has 1 fully saturated rings. The number of rotatable bonds is 6. The predicted octanol–water partition coefficient (Wildman–Crippen LogP) is 4.12. The molecule has 1 amide bonds. The average molecular weight is 403 g/mol. The Kier molecular flexibility index (Phi) is 6.94. The van der Waals surface area contributed by atoms with Gasteiger partial charge in [-0.1, -0.05) is 35.9 Å². The monoisotopic (exact) mass is 402 g/mol. The maximum Gasteiger partial charge on any atom is 0.251 e. The lowest BCUT2D eigenvalue weighted by atomic mass is 10.0. The standard InChI is InChI=1S/C22H27ClN2O3/c1-16(13-18-7-9-21(10-8-18)28-24(3)17(2)26)25-11-12-27-22(15-25)19-5-4-6-20(23)14-19/h4-10,14,16,22H,11-13,15H2,1-3H3. The maximum atomic E-state index is 11.3. The molecular formula is C22H27ClN2O3. The van der Waals surface area contributed by atoms with Crippen LogP contribution < -0.4 is 4.84 Å². The fraction of sp³-hybridized carbons (Fsp3) is 0.409. The summed E-state index contributed by atoms with van der Waals surface area (Å²) in [5, 5.41) is 1.96. The van der Waals surface area contributed by atoms with Gasteiger partial charge in [0.1, 0.15) is 0 Å². The molecule has 0 bridgehead atoms. The molecule has 0 saturated carbocycles. The minimum Gasteiger partial charge on any atom is -0.377 e. The van der Waals surface area contributed by atoms with Crippen molar-refractivity contribution in [1.29, 1.82) is 0 Å². The van der Waals surface area contributed by atoms with Gasteiger partial charge in [-0.2, -0.15) is 5.06 Å². The summed E-state index contributed by atoms with van der Waals surface area (Å²) >= 11 is 6.13. The molecule has 0 N–H and O–H groups in total. The summed E-state index contributed by atoms with van der Waals surface area (Å²) in [6, 6.07) is 16.2. The third-order valence-electron chi connectivity index (χ3n) is 5.08. The van der Waals surface area contributed by atoms with E-state index in [-0.39, 0.29) is 12.0 Å². The molecular weight excluding hydrogens is 376 g/mol. The molecule has 1 saturated heterocycles. The van der Waals surface area contributed by atoms with Gasteiger partial charge in [-0.3, -0.25) is 9.69 Å². The summed E-state index contributed by atoms with van der Waals surface area (Å²) in [5.74, 6) is 0.515. The largest absolute Gasteiger partial charge is 0.377 e. The Morgan fingerprint density at radius 2 is 2.07 bits per heavy atom. The van der Waals surface area contributed by atoms with Gasteiger partial charge in [0.15, 0.2) is 5.75 Å². The lowest BCUT2D eigenvalue weighted by Gasteiger charge is -2.37. The van der Waals surface area contributed by atoms with E-state index < -0.39 is 0 Å². The lowest BCUT2D eigenvalue weighted by Crippen LogP contribution is -2.44. The van der Waals surface area contributed by atoms with Crippen LogP contribution >= 0.6 is 11.6 Å². The first kappa shape index (κ1) is 20.6. The molecule has 1 aliphatic heterocycles. The van der Waals surface area contributed by atoms with Crippen molar-refractivity contribution in [1.82, 2.24) is 9.96 Å². The molecule has 5 nitrogen and oxygen atoms in total. The smallest absolute Gasteiger partial charge is 0.251 e. The fourth-order valence-electron chi connectivity index (χ4n) is 3.36. The number of hydrogen-bond donors (Lipinski definition) is 0. The summed E-state index contributed by atoms with van der Waals surface area (Å²) in [4.78, 5) is 19.2. The van der Waals surface area contributed by atoms with E-state index in [1.54, 1.807) is 7.05 Å². The van der Waals surface area contributed by atoms with Crippen molar-refractivity contribution in [2.75, 3.05) is 26.7 Å². The third kappa shape index (κ3) is 5.47. The van der Waals surface area contributed by atoms with Gasteiger partial charge in [0.2, 0.25) is 0 Å². The summed E-state index contributed by atoms with van der Waals surface area (Å²) in [5.41, 5.74) is 2.36. The zero-order valence-corrected chi connectivity index (χ0v) is 17.4. The molecule has 1 aliphatic rings. The number of hydrogen-bond acceptors (Lipinski definition) is 4. The molecule has 2 atom stereocenters. The summed E-state index contributed by atoms with van der Waals surface area (Å²) < 4.78 is 5.97. The molecule has 0 spiro atoms. The number of ether oxygens (including phenoxy) is 1. The summed E-state index contributed by atoms with van der Waals surface area (Å²) in [7, 11) is 1.60. The number of hydroxylamine groups is 2. The topological polar surface area (TPSA) is 42.0 Å². The molecule has 0 aromatic heterocycles. The molecule has 0 radical (unpaired) electrons. The van der Waals surface area contributed by atoms with Crippen molar-refractivity contribution in [2.45, 2.75) is 32.4 Å². The van der Waals surface area contributed by atoms with Crippen LogP contribution in [0.4, 0.5) is 0 Å². The van der Waals surface area contributed by atoms with E-state index >= 15 is 0 Å². The quantitative estimate of drug-likeness (QED) is 0.682. The number of carbonyl (C=O) groups is 1. The third-order valence-corrected chi connectivity index (χ3v) is 5.32. The Morgan fingerprint density at radius 1 is 1.32 bits per heavy atom. The molecule has 2 unspecified atom stereocenters. The number of benzene rings is 2. The molecule has 150 valence electrons. The van der Waals surface area contributed by atoms with Gasteiger partial charge in [0, 0.05) is 38.1 Å². The van der Waals surface area contributed by atoms with E-state index in [0.717, 1.165) is 30.1 Å².